The summed E-state index contributed by atoms with van der Waals surface area (Å²) in [6.45, 7) is 4.94. The standard InChI is InChI=1S/C24H29N3O5S/c1-17-10-18(2)14-26(13-17)33(30,31)20-8-9-22-21(11-20)27(24(29)16-32-22)15-23(28)25-12-19-6-4-3-5-7-19/h3-9,11,17-18H,10,12-16H2,1-2H3,(H,25,28)/t17-,18-/m0/s1. The third kappa shape index (κ3) is 5.20. The van der Waals surface area contributed by atoms with Gasteiger partial charge in [-0.15, -0.1) is 0 Å². The van der Waals surface area contributed by atoms with Gasteiger partial charge in [-0.3, -0.25) is 14.5 Å². The van der Waals surface area contributed by atoms with Crippen molar-refractivity contribution in [2.45, 2.75) is 31.7 Å². The number of nitrogens with zero attached hydrogens (tertiary/aromatic N) is 2. The molecule has 0 bridgehead atoms. The molecule has 9 heteroatoms. The molecule has 4 rings (SSSR count). The highest BCUT2D eigenvalue weighted by atomic mass is 32.2. The van der Waals surface area contributed by atoms with E-state index in [1.807, 2.05) is 44.2 Å². The molecular weight excluding hydrogens is 442 g/mol. The first kappa shape index (κ1) is 23.3. The summed E-state index contributed by atoms with van der Waals surface area (Å²) in [5, 5.41) is 2.80. The van der Waals surface area contributed by atoms with E-state index in [2.05, 4.69) is 5.32 Å². The van der Waals surface area contributed by atoms with Gasteiger partial charge in [-0.2, -0.15) is 4.31 Å². The number of rotatable bonds is 6. The number of carbonyl (C=O) groups is 2. The van der Waals surface area contributed by atoms with Gasteiger partial charge < -0.3 is 10.1 Å². The summed E-state index contributed by atoms with van der Waals surface area (Å²) in [6, 6.07) is 14.0. The summed E-state index contributed by atoms with van der Waals surface area (Å²) in [4.78, 5) is 26.5. The predicted molar refractivity (Wildman–Crippen MR) is 124 cm³/mol. The Kier molecular flexibility index (Phi) is 6.71. The molecule has 33 heavy (non-hydrogen) atoms. The van der Waals surface area contributed by atoms with E-state index in [1.165, 1.54) is 21.3 Å². The molecule has 2 aliphatic heterocycles. The molecule has 2 amide bonds. The summed E-state index contributed by atoms with van der Waals surface area (Å²) in [7, 11) is -3.74. The monoisotopic (exact) mass is 471 g/mol. The molecule has 2 aromatic carbocycles. The van der Waals surface area contributed by atoms with Crippen molar-refractivity contribution >= 4 is 27.5 Å². The Morgan fingerprint density at radius 1 is 1.09 bits per heavy atom. The van der Waals surface area contributed by atoms with Crippen LogP contribution in [0.4, 0.5) is 5.69 Å². The van der Waals surface area contributed by atoms with Gasteiger partial charge in [0.25, 0.3) is 5.91 Å². The summed E-state index contributed by atoms with van der Waals surface area (Å²) in [5.74, 6) is 0.190. The number of benzene rings is 2. The lowest BCUT2D eigenvalue weighted by Crippen LogP contribution is -2.45. The Hall–Kier alpha value is -2.91. The number of hydrogen-bond acceptors (Lipinski definition) is 5. The normalized spacial score (nSPS) is 21.3. The molecule has 176 valence electrons. The number of ether oxygens (including phenoxy) is 1. The van der Waals surface area contributed by atoms with Crippen molar-refractivity contribution < 1.29 is 22.7 Å². The molecule has 0 spiro atoms. The van der Waals surface area contributed by atoms with E-state index in [1.54, 1.807) is 6.07 Å². The van der Waals surface area contributed by atoms with E-state index in [-0.39, 0.29) is 35.8 Å². The maximum atomic E-state index is 13.3. The molecule has 0 aromatic heterocycles. The van der Waals surface area contributed by atoms with E-state index in [0.717, 1.165) is 12.0 Å². The van der Waals surface area contributed by atoms with Crippen molar-refractivity contribution in [3.05, 3.63) is 54.1 Å². The molecule has 2 atom stereocenters. The number of carbonyl (C=O) groups excluding carboxylic acids is 2. The molecule has 2 aliphatic rings. The Labute approximate surface area is 194 Å². The lowest BCUT2D eigenvalue weighted by atomic mass is 9.94. The average molecular weight is 472 g/mol. The van der Waals surface area contributed by atoms with E-state index >= 15 is 0 Å². The van der Waals surface area contributed by atoms with Crippen molar-refractivity contribution in [2.24, 2.45) is 11.8 Å². The lowest BCUT2D eigenvalue weighted by Gasteiger charge is -2.34. The van der Waals surface area contributed by atoms with Gasteiger partial charge >= 0.3 is 0 Å². The topological polar surface area (TPSA) is 96.0 Å². The van der Waals surface area contributed by atoms with Gasteiger partial charge in [-0.25, -0.2) is 8.42 Å². The van der Waals surface area contributed by atoms with Crippen LogP contribution in [0.2, 0.25) is 0 Å². The van der Waals surface area contributed by atoms with Crippen LogP contribution >= 0.6 is 0 Å². The molecule has 1 saturated heterocycles. The second-order valence-electron chi connectivity index (χ2n) is 8.93. The van der Waals surface area contributed by atoms with Gasteiger partial charge in [-0.05, 0) is 42.0 Å². The molecule has 0 unspecified atom stereocenters. The predicted octanol–water partition coefficient (Wildman–Crippen LogP) is 2.40. The zero-order valence-electron chi connectivity index (χ0n) is 18.9. The molecule has 0 saturated carbocycles. The maximum absolute atomic E-state index is 13.3. The fourth-order valence-electron chi connectivity index (χ4n) is 4.46. The van der Waals surface area contributed by atoms with Crippen molar-refractivity contribution in [2.75, 3.05) is 31.1 Å². The molecule has 1 fully saturated rings. The minimum absolute atomic E-state index is 0.0931. The van der Waals surface area contributed by atoms with Gasteiger partial charge in [0.2, 0.25) is 15.9 Å². The molecular formula is C24H29N3O5S. The Bertz CT molecular complexity index is 1130. The molecule has 0 radical (unpaired) electrons. The van der Waals surface area contributed by atoms with Crippen LogP contribution in [-0.4, -0.2) is 50.8 Å². The average Bonchev–Trinajstić information content (AvgIpc) is 2.79. The van der Waals surface area contributed by atoms with Gasteiger partial charge in [0.15, 0.2) is 6.61 Å². The Balaban J connectivity index is 1.54. The van der Waals surface area contributed by atoms with Crippen LogP contribution in [0.3, 0.4) is 0 Å². The second kappa shape index (κ2) is 9.52. The van der Waals surface area contributed by atoms with Gasteiger partial charge in [0.05, 0.1) is 10.6 Å². The van der Waals surface area contributed by atoms with Gasteiger partial charge in [0.1, 0.15) is 12.3 Å². The molecule has 8 nitrogen and oxygen atoms in total. The van der Waals surface area contributed by atoms with Crippen LogP contribution in [-0.2, 0) is 26.2 Å². The van der Waals surface area contributed by atoms with Crippen molar-refractivity contribution in [3.8, 4) is 5.75 Å². The summed E-state index contributed by atoms with van der Waals surface area (Å²) >= 11 is 0. The third-order valence-corrected chi connectivity index (χ3v) is 7.81. The quantitative estimate of drug-likeness (QED) is 0.698. The maximum Gasteiger partial charge on any atom is 0.265 e. The smallest absolute Gasteiger partial charge is 0.265 e. The van der Waals surface area contributed by atoms with E-state index in [9.17, 15) is 18.0 Å². The van der Waals surface area contributed by atoms with Crippen molar-refractivity contribution in [1.29, 1.82) is 0 Å². The number of fused-ring (bicyclic) bond motifs is 1. The van der Waals surface area contributed by atoms with Crippen LogP contribution in [0.25, 0.3) is 0 Å². The van der Waals surface area contributed by atoms with Gasteiger partial charge in [-0.1, -0.05) is 44.2 Å². The van der Waals surface area contributed by atoms with Gasteiger partial charge in [0, 0.05) is 19.6 Å². The minimum Gasteiger partial charge on any atom is -0.482 e. The zero-order valence-corrected chi connectivity index (χ0v) is 19.7. The first-order valence-electron chi connectivity index (χ1n) is 11.1. The van der Waals surface area contributed by atoms with Crippen LogP contribution in [0, 0.1) is 11.8 Å². The summed E-state index contributed by atoms with van der Waals surface area (Å²) < 4.78 is 33.7. The van der Waals surface area contributed by atoms with Crippen LogP contribution in [0.1, 0.15) is 25.8 Å². The largest absolute Gasteiger partial charge is 0.482 e. The summed E-state index contributed by atoms with van der Waals surface area (Å²) in [5.41, 5.74) is 1.23. The SMILES string of the molecule is C[C@H]1C[C@H](C)CN(S(=O)(=O)c2ccc3c(c2)N(CC(=O)NCc2ccccc2)C(=O)CO3)C1. The minimum atomic E-state index is -3.74. The Morgan fingerprint density at radius 3 is 2.48 bits per heavy atom. The zero-order chi connectivity index (χ0) is 23.6. The van der Waals surface area contributed by atoms with E-state index < -0.39 is 15.9 Å². The van der Waals surface area contributed by atoms with Crippen molar-refractivity contribution in [3.63, 3.8) is 0 Å². The van der Waals surface area contributed by atoms with Crippen LogP contribution in [0.5, 0.6) is 5.75 Å². The Morgan fingerprint density at radius 2 is 1.79 bits per heavy atom. The number of sulfonamides is 1. The molecule has 1 N–H and O–H groups in total. The first-order valence-corrected chi connectivity index (χ1v) is 12.6. The number of nitrogens with one attached hydrogen (secondary N) is 1. The molecule has 2 heterocycles. The second-order valence-corrected chi connectivity index (χ2v) is 10.9. The fourth-order valence-corrected chi connectivity index (χ4v) is 6.16. The van der Waals surface area contributed by atoms with Crippen LogP contribution in [0.15, 0.2) is 53.4 Å². The van der Waals surface area contributed by atoms with E-state index in [0.29, 0.717) is 31.1 Å². The highest BCUT2D eigenvalue weighted by Crippen LogP contribution is 2.36. The fraction of sp³-hybridized carbons (Fsp3) is 0.417. The van der Waals surface area contributed by atoms with Crippen LogP contribution < -0.4 is 15.0 Å². The van der Waals surface area contributed by atoms with E-state index in [4.69, 9.17) is 4.74 Å². The number of hydrogen-bond donors (Lipinski definition) is 1. The molecule has 2 aromatic rings. The highest BCUT2D eigenvalue weighted by molar-refractivity contribution is 7.89. The highest BCUT2D eigenvalue weighted by Gasteiger charge is 2.34. The number of anilines is 1. The number of amides is 2. The first-order chi connectivity index (χ1) is 15.7. The molecule has 0 aliphatic carbocycles. The third-order valence-electron chi connectivity index (χ3n) is 5.98. The van der Waals surface area contributed by atoms with Crippen molar-refractivity contribution in [1.82, 2.24) is 9.62 Å². The summed E-state index contributed by atoms with van der Waals surface area (Å²) in [6.07, 6.45) is 0.990. The number of piperidine rings is 1. The lowest BCUT2D eigenvalue weighted by molar-refractivity contribution is -0.125.